The van der Waals surface area contributed by atoms with Crippen molar-refractivity contribution in [2.45, 2.75) is 29.7 Å². The van der Waals surface area contributed by atoms with Crippen molar-refractivity contribution < 1.29 is 9.13 Å². The second-order valence-corrected chi connectivity index (χ2v) is 6.61. The summed E-state index contributed by atoms with van der Waals surface area (Å²) in [5.74, 6) is 1.45. The predicted octanol–water partition coefficient (Wildman–Crippen LogP) is 3.92. The molecule has 2 aromatic rings. The van der Waals surface area contributed by atoms with Gasteiger partial charge in [-0.05, 0) is 30.5 Å². The number of thioether (sulfide) groups is 1. The predicted molar refractivity (Wildman–Crippen MR) is 84.2 cm³/mol. The lowest BCUT2D eigenvalue weighted by atomic mass is 10.1. The van der Waals surface area contributed by atoms with E-state index in [0.717, 1.165) is 43.2 Å². The number of benzene rings is 1. The summed E-state index contributed by atoms with van der Waals surface area (Å²) in [5, 5.41) is 1.05. The second kappa shape index (κ2) is 6.90. The summed E-state index contributed by atoms with van der Waals surface area (Å²) in [6.45, 7) is 1.67. The highest BCUT2D eigenvalue weighted by Crippen LogP contribution is 2.25. The van der Waals surface area contributed by atoms with Crippen LogP contribution in [0.2, 0.25) is 0 Å². The Hall–Kier alpha value is -0.910. The molecule has 1 fully saturated rings. The minimum absolute atomic E-state index is 0.281. The van der Waals surface area contributed by atoms with Crippen LogP contribution in [0.3, 0.4) is 0 Å². The molecule has 21 heavy (non-hydrogen) atoms. The summed E-state index contributed by atoms with van der Waals surface area (Å²) in [6.07, 6.45) is 3.71. The van der Waals surface area contributed by atoms with E-state index in [0.29, 0.717) is 16.2 Å². The van der Waals surface area contributed by atoms with Crippen LogP contribution in [0, 0.1) is 5.82 Å². The average molecular weight is 327 g/mol. The zero-order valence-corrected chi connectivity index (χ0v) is 13.1. The third kappa shape index (κ3) is 3.65. The van der Waals surface area contributed by atoms with E-state index < -0.39 is 0 Å². The third-order valence-electron chi connectivity index (χ3n) is 3.53. The van der Waals surface area contributed by atoms with Gasteiger partial charge in [-0.1, -0.05) is 0 Å². The molecule has 112 valence electrons. The molecule has 0 atom stereocenters. The SMILES string of the molecule is Fc1cc(CCl)cc2nc(CSC3CCOCC3)ncc12. The zero-order valence-electron chi connectivity index (χ0n) is 11.5. The first kappa shape index (κ1) is 15.0. The minimum atomic E-state index is -0.313. The van der Waals surface area contributed by atoms with Gasteiger partial charge in [-0.25, -0.2) is 14.4 Å². The van der Waals surface area contributed by atoms with E-state index >= 15 is 0 Å². The number of alkyl halides is 1. The lowest BCUT2D eigenvalue weighted by Crippen LogP contribution is -2.17. The molecule has 0 radical (unpaired) electrons. The number of hydrogen-bond acceptors (Lipinski definition) is 4. The van der Waals surface area contributed by atoms with Crippen LogP contribution in [-0.4, -0.2) is 28.4 Å². The topological polar surface area (TPSA) is 35.0 Å². The highest BCUT2D eigenvalue weighted by atomic mass is 35.5. The van der Waals surface area contributed by atoms with E-state index in [9.17, 15) is 4.39 Å². The summed E-state index contributed by atoms with van der Waals surface area (Å²) < 4.78 is 19.2. The number of ether oxygens (including phenoxy) is 1. The van der Waals surface area contributed by atoms with Gasteiger partial charge in [0.15, 0.2) is 0 Å². The van der Waals surface area contributed by atoms with Gasteiger partial charge >= 0.3 is 0 Å². The summed E-state index contributed by atoms with van der Waals surface area (Å²) in [5.41, 5.74) is 1.37. The van der Waals surface area contributed by atoms with E-state index in [1.54, 1.807) is 6.20 Å². The van der Waals surface area contributed by atoms with Crippen LogP contribution in [0.15, 0.2) is 18.3 Å². The van der Waals surface area contributed by atoms with Crippen molar-refractivity contribution in [1.29, 1.82) is 0 Å². The van der Waals surface area contributed by atoms with Crippen molar-refractivity contribution in [1.82, 2.24) is 9.97 Å². The molecule has 0 unspecified atom stereocenters. The van der Waals surface area contributed by atoms with E-state index in [4.69, 9.17) is 16.3 Å². The first-order chi connectivity index (χ1) is 10.3. The van der Waals surface area contributed by atoms with Crippen LogP contribution < -0.4 is 0 Å². The molecule has 3 nitrogen and oxygen atoms in total. The molecule has 2 heterocycles. The Morgan fingerprint density at radius 3 is 2.90 bits per heavy atom. The Morgan fingerprint density at radius 2 is 2.14 bits per heavy atom. The van der Waals surface area contributed by atoms with E-state index in [2.05, 4.69) is 9.97 Å². The largest absolute Gasteiger partial charge is 0.381 e. The van der Waals surface area contributed by atoms with Gasteiger partial charge in [0.2, 0.25) is 0 Å². The molecular formula is C15H16ClFN2OS. The normalized spacial score (nSPS) is 16.5. The van der Waals surface area contributed by atoms with Gasteiger partial charge in [-0.15, -0.1) is 11.6 Å². The molecule has 0 bridgehead atoms. The molecule has 0 saturated carbocycles. The first-order valence-electron chi connectivity index (χ1n) is 6.95. The molecule has 1 aromatic carbocycles. The van der Waals surface area contributed by atoms with Crippen molar-refractivity contribution in [2.75, 3.05) is 13.2 Å². The van der Waals surface area contributed by atoms with Crippen molar-refractivity contribution in [3.8, 4) is 0 Å². The average Bonchev–Trinajstić information content (AvgIpc) is 2.53. The quantitative estimate of drug-likeness (QED) is 0.798. The summed E-state index contributed by atoms with van der Waals surface area (Å²) >= 11 is 7.62. The monoisotopic (exact) mass is 326 g/mol. The van der Waals surface area contributed by atoms with Gasteiger partial charge < -0.3 is 4.74 Å². The Bertz CT molecular complexity index is 634. The molecule has 0 spiro atoms. The number of nitrogens with zero attached hydrogens (tertiary/aromatic N) is 2. The van der Waals surface area contributed by atoms with Crippen molar-refractivity contribution >= 4 is 34.3 Å². The lowest BCUT2D eigenvalue weighted by molar-refractivity contribution is 0.1000. The minimum Gasteiger partial charge on any atom is -0.381 e. The van der Waals surface area contributed by atoms with Crippen LogP contribution in [0.1, 0.15) is 24.2 Å². The molecule has 6 heteroatoms. The molecule has 1 aliphatic rings. The Kier molecular flexibility index (Phi) is 4.93. The molecule has 3 rings (SSSR count). The number of rotatable bonds is 4. The smallest absolute Gasteiger partial charge is 0.138 e. The van der Waals surface area contributed by atoms with Crippen molar-refractivity contribution in [3.05, 3.63) is 35.5 Å². The number of aromatic nitrogens is 2. The van der Waals surface area contributed by atoms with Crippen molar-refractivity contribution in [3.63, 3.8) is 0 Å². The maximum atomic E-state index is 13.9. The van der Waals surface area contributed by atoms with Gasteiger partial charge in [-0.2, -0.15) is 11.8 Å². The van der Waals surface area contributed by atoms with Crippen LogP contribution in [-0.2, 0) is 16.4 Å². The van der Waals surface area contributed by atoms with E-state index in [1.165, 1.54) is 6.07 Å². The van der Waals surface area contributed by atoms with Crippen LogP contribution >= 0.6 is 23.4 Å². The first-order valence-corrected chi connectivity index (χ1v) is 8.54. The van der Waals surface area contributed by atoms with E-state index in [1.807, 2.05) is 17.8 Å². The third-order valence-corrected chi connectivity index (χ3v) is 5.21. The molecular weight excluding hydrogens is 311 g/mol. The highest BCUT2D eigenvalue weighted by molar-refractivity contribution is 7.99. The number of halogens is 2. The van der Waals surface area contributed by atoms with Gasteiger partial charge in [0.05, 0.1) is 16.7 Å². The fourth-order valence-electron chi connectivity index (χ4n) is 2.37. The highest BCUT2D eigenvalue weighted by Gasteiger charge is 2.15. The molecule has 0 amide bonds. The fraction of sp³-hybridized carbons (Fsp3) is 0.467. The Balaban J connectivity index is 1.76. The molecule has 1 saturated heterocycles. The maximum Gasteiger partial charge on any atom is 0.138 e. The second-order valence-electron chi connectivity index (χ2n) is 5.05. The van der Waals surface area contributed by atoms with Gasteiger partial charge in [-0.3, -0.25) is 0 Å². The van der Waals surface area contributed by atoms with Gasteiger partial charge in [0, 0.05) is 30.5 Å². The maximum absolute atomic E-state index is 13.9. The molecule has 0 aliphatic carbocycles. The lowest BCUT2D eigenvalue weighted by Gasteiger charge is -2.21. The van der Waals surface area contributed by atoms with Crippen LogP contribution in [0.25, 0.3) is 10.9 Å². The summed E-state index contributed by atoms with van der Waals surface area (Å²) in [6, 6.07) is 3.27. The Morgan fingerprint density at radius 1 is 1.33 bits per heavy atom. The zero-order chi connectivity index (χ0) is 14.7. The van der Waals surface area contributed by atoms with Crippen LogP contribution in [0.5, 0.6) is 0 Å². The molecule has 1 aliphatic heterocycles. The van der Waals surface area contributed by atoms with E-state index in [-0.39, 0.29) is 11.7 Å². The number of fused-ring (bicyclic) bond motifs is 1. The fourth-order valence-corrected chi connectivity index (χ4v) is 3.57. The standard InChI is InChI=1S/C15H16ClFN2OS/c16-7-10-5-13(17)12-8-18-15(19-14(12)6-10)9-21-11-1-3-20-4-2-11/h5-6,8,11H,1-4,7,9H2. The summed E-state index contributed by atoms with van der Waals surface area (Å²) in [4.78, 5) is 8.74. The molecule has 1 aromatic heterocycles. The Labute approximate surface area is 132 Å². The molecule has 0 N–H and O–H groups in total. The number of hydrogen-bond donors (Lipinski definition) is 0. The van der Waals surface area contributed by atoms with Crippen LogP contribution in [0.4, 0.5) is 4.39 Å². The van der Waals surface area contributed by atoms with Gasteiger partial charge in [0.1, 0.15) is 11.6 Å². The summed E-state index contributed by atoms with van der Waals surface area (Å²) in [7, 11) is 0. The van der Waals surface area contributed by atoms with Gasteiger partial charge in [0.25, 0.3) is 0 Å². The van der Waals surface area contributed by atoms with Crippen molar-refractivity contribution in [2.24, 2.45) is 0 Å².